The number of aryl methyl sites for hydroxylation is 1. The van der Waals surface area contributed by atoms with Gasteiger partial charge in [0.1, 0.15) is 5.52 Å². The van der Waals surface area contributed by atoms with E-state index in [1.807, 2.05) is 0 Å². The number of imidazole rings is 1. The van der Waals surface area contributed by atoms with Crippen molar-refractivity contribution >= 4 is 16.8 Å². The lowest BCUT2D eigenvalue weighted by Gasteiger charge is -1.97. The monoisotopic (exact) mass is 191 g/mol. The molecule has 0 bridgehead atoms. The van der Waals surface area contributed by atoms with Gasteiger partial charge in [0.05, 0.1) is 6.33 Å². The minimum Gasteiger partial charge on any atom is -0.340 e. The summed E-state index contributed by atoms with van der Waals surface area (Å²) >= 11 is 0. The molecule has 3 heterocycles. The van der Waals surface area contributed by atoms with E-state index in [0.29, 0.717) is 16.8 Å². The lowest BCUT2D eigenvalue weighted by atomic mass is 10.5. The molecule has 0 spiro atoms. The molecule has 0 aliphatic heterocycles. The third-order valence-corrected chi connectivity index (χ3v) is 2.10. The van der Waals surface area contributed by atoms with Gasteiger partial charge in [-0.15, -0.1) is 9.61 Å². The van der Waals surface area contributed by atoms with Crippen molar-refractivity contribution in [1.82, 2.24) is 34.6 Å². The third kappa shape index (κ3) is 0.655. The molecule has 0 saturated heterocycles. The Morgan fingerprint density at radius 3 is 3.14 bits per heavy atom. The summed E-state index contributed by atoms with van der Waals surface area (Å²) in [4.78, 5) is 18.5. The minimum absolute atomic E-state index is 0.315. The first-order valence-electron chi connectivity index (χ1n) is 3.89. The van der Waals surface area contributed by atoms with Crippen molar-refractivity contribution in [3.63, 3.8) is 0 Å². The van der Waals surface area contributed by atoms with E-state index in [1.54, 1.807) is 7.05 Å². The van der Waals surface area contributed by atoms with Gasteiger partial charge < -0.3 is 4.98 Å². The fourth-order valence-electron chi connectivity index (χ4n) is 1.41. The second kappa shape index (κ2) is 2.16. The Morgan fingerprint density at radius 1 is 1.43 bits per heavy atom. The minimum atomic E-state index is -0.315. The van der Waals surface area contributed by atoms with Crippen molar-refractivity contribution in [1.29, 1.82) is 0 Å². The van der Waals surface area contributed by atoms with E-state index in [0.717, 1.165) is 4.52 Å². The Labute approximate surface area is 76.2 Å². The maximum atomic E-state index is 11.6. The van der Waals surface area contributed by atoms with Gasteiger partial charge in [-0.3, -0.25) is 4.57 Å². The number of nitrogens with zero attached hydrogens (tertiary/aromatic N) is 6. The highest BCUT2D eigenvalue weighted by atomic mass is 16.2. The molecule has 8 nitrogen and oxygen atoms in total. The fourth-order valence-corrected chi connectivity index (χ4v) is 1.41. The van der Waals surface area contributed by atoms with Crippen LogP contribution in [0.3, 0.4) is 0 Å². The highest BCUT2D eigenvalue weighted by molar-refractivity contribution is 5.84. The van der Waals surface area contributed by atoms with Crippen molar-refractivity contribution in [3.8, 4) is 0 Å². The molecule has 0 radical (unpaired) electrons. The van der Waals surface area contributed by atoms with Crippen LogP contribution in [0.15, 0.2) is 11.1 Å². The molecular formula is C6H5N7O. The number of hydrogen-bond donors (Lipinski definition) is 1. The summed E-state index contributed by atoms with van der Waals surface area (Å²) in [5.74, 6) is 0. The van der Waals surface area contributed by atoms with Crippen molar-refractivity contribution in [2.75, 3.05) is 0 Å². The predicted molar refractivity (Wildman–Crippen MR) is 45.7 cm³/mol. The van der Waals surface area contributed by atoms with Crippen LogP contribution in [-0.2, 0) is 7.05 Å². The first kappa shape index (κ1) is 7.18. The molecule has 3 aromatic heterocycles. The molecule has 3 rings (SSSR count). The molecule has 0 aliphatic rings. The Hall–Kier alpha value is -2.25. The number of H-pyrrole nitrogens is 1. The Kier molecular flexibility index (Phi) is 1.11. The highest BCUT2D eigenvalue weighted by Gasteiger charge is 2.12. The summed E-state index contributed by atoms with van der Waals surface area (Å²) in [6.07, 6.45) is 1.50. The lowest BCUT2D eigenvalue weighted by Crippen LogP contribution is -2.25. The lowest BCUT2D eigenvalue weighted by molar-refractivity contribution is 0.728. The zero-order valence-corrected chi connectivity index (χ0v) is 7.17. The van der Waals surface area contributed by atoms with Gasteiger partial charge in [0.2, 0.25) is 5.65 Å². The van der Waals surface area contributed by atoms with Crippen LogP contribution < -0.4 is 5.69 Å². The summed E-state index contributed by atoms with van der Waals surface area (Å²) in [5, 5.41) is 10.8. The zero-order chi connectivity index (χ0) is 9.71. The van der Waals surface area contributed by atoms with E-state index in [4.69, 9.17) is 0 Å². The summed E-state index contributed by atoms with van der Waals surface area (Å²) in [7, 11) is 1.62. The molecule has 0 aliphatic carbocycles. The van der Waals surface area contributed by atoms with Gasteiger partial charge in [0.15, 0.2) is 5.65 Å². The molecule has 0 fully saturated rings. The van der Waals surface area contributed by atoms with Crippen molar-refractivity contribution in [2.45, 2.75) is 0 Å². The van der Waals surface area contributed by atoms with Crippen LogP contribution >= 0.6 is 0 Å². The Morgan fingerprint density at radius 2 is 2.29 bits per heavy atom. The van der Waals surface area contributed by atoms with Crippen molar-refractivity contribution < 1.29 is 0 Å². The molecule has 1 N–H and O–H groups in total. The van der Waals surface area contributed by atoms with Gasteiger partial charge in [-0.1, -0.05) is 0 Å². The summed E-state index contributed by atoms with van der Waals surface area (Å²) in [6, 6.07) is 0. The second-order valence-electron chi connectivity index (χ2n) is 2.86. The highest BCUT2D eigenvalue weighted by Crippen LogP contribution is 2.08. The molecule has 8 heteroatoms. The standard InChI is InChI=1S/C6H5N7O/c1-12-4-3(7-2-8-4)5-9-10-11-13(5)6(12)14/h2H,1H3,(H,7,8). The normalized spacial score (nSPS) is 11.5. The van der Waals surface area contributed by atoms with Crippen LogP contribution in [0.2, 0.25) is 0 Å². The van der Waals surface area contributed by atoms with Crippen LogP contribution in [0.25, 0.3) is 16.8 Å². The topological polar surface area (TPSA) is 93.8 Å². The summed E-state index contributed by atoms with van der Waals surface area (Å²) < 4.78 is 2.51. The van der Waals surface area contributed by atoms with E-state index in [2.05, 4.69) is 25.5 Å². The van der Waals surface area contributed by atoms with E-state index >= 15 is 0 Å². The van der Waals surface area contributed by atoms with Crippen LogP contribution in [0.1, 0.15) is 0 Å². The quantitative estimate of drug-likeness (QED) is 0.476. The van der Waals surface area contributed by atoms with Crippen LogP contribution in [-0.4, -0.2) is 34.6 Å². The smallest absolute Gasteiger partial charge is 0.340 e. The first-order chi connectivity index (χ1) is 6.79. The van der Waals surface area contributed by atoms with Gasteiger partial charge in [0, 0.05) is 7.05 Å². The third-order valence-electron chi connectivity index (χ3n) is 2.10. The van der Waals surface area contributed by atoms with E-state index < -0.39 is 0 Å². The van der Waals surface area contributed by atoms with Crippen LogP contribution in [0.5, 0.6) is 0 Å². The Balaban J connectivity index is 2.81. The molecule has 0 saturated carbocycles. The maximum Gasteiger partial charge on any atom is 0.353 e. The van der Waals surface area contributed by atoms with Gasteiger partial charge >= 0.3 is 5.69 Å². The number of fused-ring (bicyclic) bond motifs is 3. The predicted octanol–water partition coefficient (Wildman–Crippen LogP) is -1.30. The zero-order valence-electron chi connectivity index (χ0n) is 7.17. The van der Waals surface area contributed by atoms with Crippen LogP contribution in [0.4, 0.5) is 0 Å². The fraction of sp³-hybridized carbons (Fsp3) is 0.167. The van der Waals surface area contributed by atoms with Crippen LogP contribution in [0, 0.1) is 0 Å². The van der Waals surface area contributed by atoms with E-state index in [9.17, 15) is 4.79 Å². The number of aromatic amines is 1. The SMILES string of the molecule is Cn1c(=O)n2nnnc2c2[nH]cnc21. The average Bonchev–Trinajstić information content (AvgIpc) is 2.80. The molecular weight excluding hydrogens is 186 g/mol. The molecule has 3 aromatic rings. The number of nitrogens with one attached hydrogen (secondary N) is 1. The van der Waals surface area contributed by atoms with E-state index in [1.165, 1.54) is 10.9 Å². The maximum absolute atomic E-state index is 11.6. The van der Waals surface area contributed by atoms with Crippen molar-refractivity contribution in [2.24, 2.45) is 7.05 Å². The number of rotatable bonds is 0. The van der Waals surface area contributed by atoms with E-state index in [-0.39, 0.29) is 5.69 Å². The molecule has 70 valence electrons. The molecule has 14 heavy (non-hydrogen) atoms. The Bertz CT molecular complexity index is 674. The summed E-state index contributed by atoms with van der Waals surface area (Å²) in [5.41, 5.74) is 1.26. The molecule has 0 unspecified atom stereocenters. The summed E-state index contributed by atoms with van der Waals surface area (Å²) in [6.45, 7) is 0. The second-order valence-corrected chi connectivity index (χ2v) is 2.86. The average molecular weight is 191 g/mol. The molecule has 0 aromatic carbocycles. The van der Waals surface area contributed by atoms with Gasteiger partial charge in [0.25, 0.3) is 0 Å². The number of hydrogen-bond acceptors (Lipinski definition) is 5. The van der Waals surface area contributed by atoms with Crippen molar-refractivity contribution in [3.05, 3.63) is 16.8 Å². The molecule has 0 atom stereocenters. The number of tetrazole rings is 1. The number of aromatic nitrogens is 7. The van der Waals surface area contributed by atoms with Gasteiger partial charge in [-0.05, 0) is 10.4 Å². The van der Waals surface area contributed by atoms with Gasteiger partial charge in [-0.25, -0.2) is 9.78 Å². The molecule has 0 amide bonds. The van der Waals surface area contributed by atoms with Gasteiger partial charge in [-0.2, -0.15) is 0 Å². The first-order valence-corrected chi connectivity index (χ1v) is 3.89. The largest absolute Gasteiger partial charge is 0.353 e.